The first kappa shape index (κ1) is 12.3. The van der Waals surface area contributed by atoms with E-state index in [-0.39, 0.29) is 6.04 Å². The smallest absolute Gasteiger partial charge is 0.137 e. The average molecular weight is 370 g/mol. The summed E-state index contributed by atoms with van der Waals surface area (Å²) in [7, 11) is 3.65. The molecule has 0 aliphatic heterocycles. The van der Waals surface area contributed by atoms with Crippen LogP contribution in [-0.2, 0) is 0 Å². The van der Waals surface area contributed by atoms with Crippen molar-refractivity contribution in [3.05, 3.63) is 25.7 Å². The third kappa shape index (κ3) is 2.61. The highest BCUT2D eigenvalue weighted by molar-refractivity contribution is 14.1. The Morgan fingerprint density at radius 1 is 1.50 bits per heavy atom. The quantitative estimate of drug-likeness (QED) is 0.825. The molecule has 2 nitrogen and oxygen atoms in total. The third-order valence-electron chi connectivity index (χ3n) is 2.14. The maximum atomic E-state index is 5.39. The van der Waals surface area contributed by atoms with Crippen LogP contribution in [0.3, 0.4) is 0 Å². The molecule has 0 bridgehead atoms. The lowest BCUT2D eigenvalue weighted by atomic mass is 10.1. The molecule has 0 spiro atoms. The number of hydrogen-bond acceptors (Lipinski definition) is 2. The van der Waals surface area contributed by atoms with Crippen LogP contribution in [0.15, 0.2) is 16.6 Å². The number of rotatable bonds is 3. The van der Waals surface area contributed by atoms with Gasteiger partial charge < -0.3 is 10.1 Å². The van der Waals surface area contributed by atoms with E-state index in [1.165, 1.54) is 5.56 Å². The van der Waals surface area contributed by atoms with Gasteiger partial charge in [-0.25, -0.2) is 0 Å². The van der Waals surface area contributed by atoms with Gasteiger partial charge in [0.2, 0.25) is 0 Å². The van der Waals surface area contributed by atoms with Crippen LogP contribution in [-0.4, -0.2) is 14.2 Å². The van der Waals surface area contributed by atoms with Gasteiger partial charge in [0, 0.05) is 16.1 Å². The van der Waals surface area contributed by atoms with Crippen molar-refractivity contribution < 1.29 is 4.74 Å². The zero-order chi connectivity index (χ0) is 10.7. The Balaban J connectivity index is 3.24. The Morgan fingerprint density at radius 3 is 2.64 bits per heavy atom. The molecule has 1 atom stereocenters. The number of benzene rings is 1. The molecule has 4 heteroatoms. The Bertz CT molecular complexity index is 330. The summed E-state index contributed by atoms with van der Waals surface area (Å²) < 4.78 is 7.59. The largest absolute Gasteiger partial charge is 0.495 e. The summed E-state index contributed by atoms with van der Waals surface area (Å²) in [5.74, 6) is 0.954. The lowest BCUT2D eigenvalue weighted by Crippen LogP contribution is -2.13. The Morgan fingerprint density at radius 2 is 2.14 bits per heavy atom. The molecule has 14 heavy (non-hydrogen) atoms. The van der Waals surface area contributed by atoms with Gasteiger partial charge in [-0.15, -0.1) is 0 Å². The molecule has 0 fully saturated rings. The van der Waals surface area contributed by atoms with E-state index in [4.69, 9.17) is 4.74 Å². The van der Waals surface area contributed by atoms with Crippen LogP contribution < -0.4 is 10.1 Å². The van der Waals surface area contributed by atoms with Crippen LogP contribution in [0.2, 0.25) is 0 Å². The van der Waals surface area contributed by atoms with Gasteiger partial charge in [0.1, 0.15) is 5.75 Å². The van der Waals surface area contributed by atoms with Gasteiger partial charge in [0.05, 0.1) is 10.7 Å². The fourth-order valence-electron chi connectivity index (χ4n) is 1.27. The first-order valence-electron chi connectivity index (χ1n) is 4.30. The molecule has 0 aliphatic rings. The van der Waals surface area contributed by atoms with E-state index >= 15 is 0 Å². The fourth-order valence-corrected chi connectivity index (χ4v) is 3.04. The Labute approximate surface area is 107 Å². The Kier molecular flexibility index (Phi) is 4.66. The summed E-state index contributed by atoms with van der Waals surface area (Å²) in [4.78, 5) is 0. The van der Waals surface area contributed by atoms with Gasteiger partial charge in [0.15, 0.2) is 0 Å². The van der Waals surface area contributed by atoms with Crippen molar-refractivity contribution in [1.29, 1.82) is 0 Å². The molecule has 1 aromatic rings. The third-order valence-corrected chi connectivity index (χ3v) is 3.40. The molecule has 0 saturated heterocycles. The summed E-state index contributed by atoms with van der Waals surface area (Å²) in [6.07, 6.45) is 0. The molecule has 0 radical (unpaired) electrons. The second-order valence-corrected chi connectivity index (χ2v) is 5.10. The maximum absolute atomic E-state index is 5.39. The van der Waals surface area contributed by atoms with Crippen molar-refractivity contribution in [2.45, 2.75) is 13.0 Å². The number of hydrogen-bond donors (Lipinski definition) is 1. The van der Waals surface area contributed by atoms with Crippen LogP contribution in [0.4, 0.5) is 0 Å². The number of halogens is 2. The average Bonchev–Trinajstić information content (AvgIpc) is 2.15. The predicted octanol–water partition coefficient (Wildman–Crippen LogP) is 3.34. The topological polar surface area (TPSA) is 21.3 Å². The van der Waals surface area contributed by atoms with E-state index in [1.807, 2.05) is 13.1 Å². The highest BCUT2D eigenvalue weighted by Crippen LogP contribution is 2.33. The fraction of sp³-hybridized carbons (Fsp3) is 0.400. The van der Waals surface area contributed by atoms with Crippen molar-refractivity contribution >= 4 is 38.5 Å². The molecule has 1 aromatic carbocycles. The summed E-state index contributed by atoms with van der Waals surface area (Å²) in [6, 6.07) is 4.42. The SMILES string of the molecule is CN[C@@H](C)c1cc(Br)cc(I)c1OC. The van der Waals surface area contributed by atoms with Crippen LogP contribution in [0.1, 0.15) is 18.5 Å². The van der Waals surface area contributed by atoms with E-state index in [2.05, 4.69) is 56.8 Å². The zero-order valence-corrected chi connectivity index (χ0v) is 12.1. The minimum Gasteiger partial charge on any atom is -0.495 e. The van der Waals surface area contributed by atoms with E-state index in [0.717, 1.165) is 13.8 Å². The van der Waals surface area contributed by atoms with Gasteiger partial charge in [-0.05, 0) is 48.7 Å². The number of methoxy groups -OCH3 is 1. The molecule has 1 rings (SSSR count). The molecule has 0 aliphatic carbocycles. The van der Waals surface area contributed by atoms with Gasteiger partial charge in [-0.3, -0.25) is 0 Å². The molecule has 0 heterocycles. The first-order valence-corrected chi connectivity index (χ1v) is 6.17. The Hall–Kier alpha value is 0.190. The molecule has 0 unspecified atom stereocenters. The summed E-state index contributed by atoms with van der Waals surface area (Å²) in [6.45, 7) is 2.11. The molecule has 0 aromatic heterocycles. The van der Waals surface area contributed by atoms with Crippen molar-refractivity contribution in [2.75, 3.05) is 14.2 Å². The van der Waals surface area contributed by atoms with Crippen LogP contribution in [0.5, 0.6) is 5.75 Å². The molecule has 0 saturated carbocycles. The summed E-state index contributed by atoms with van der Waals surface area (Å²) in [5.41, 5.74) is 1.17. The maximum Gasteiger partial charge on any atom is 0.137 e. The normalized spacial score (nSPS) is 12.6. The monoisotopic (exact) mass is 369 g/mol. The van der Waals surface area contributed by atoms with Crippen LogP contribution >= 0.6 is 38.5 Å². The molecule has 0 amide bonds. The van der Waals surface area contributed by atoms with Gasteiger partial charge in [0.25, 0.3) is 0 Å². The van der Waals surface area contributed by atoms with E-state index in [1.54, 1.807) is 7.11 Å². The highest BCUT2D eigenvalue weighted by atomic mass is 127. The molecule has 1 N–H and O–H groups in total. The van der Waals surface area contributed by atoms with E-state index < -0.39 is 0 Å². The minimum absolute atomic E-state index is 0.288. The number of nitrogens with one attached hydrogen (secondary N) is 1. The van der Waals surface area contributed by atoms with E-state index in [9.17, 15) is 0 Å². The van der Waals surface area contributed by atoms with Gasteiger partial charge >= 0.3 is 0 Å². The summed E-state index contributed by atoms with van der Waals surface area (Å²) in [5, 5.41) is 3.21. The lowest BCUT2D eigenvalue weighted by molar-refractivity contribution is 0.400. The number of ether oxygens (including phenoxy) is 1. The standard InChI is InChI=1S/C10H13BrINO/c1-6(13-2)8-4-7(11)5-9(12)10(8)14-3/h4-6,13H,1-3H3/t6-/m0/s1. The predicted molar refractivity (Wildman–Crippen MR) is 70.9 cm³/mol. The highest BCUT2D eigenvalue weighted by Gasteiger charge is 2.13. The molecular weight excluding hydrogens is 357 g/mol. The minimum atomic E-state index is 0.288. The van der Waals surface area contributed by atoms with Crippen molar-refractivity contribution in [2.24, 2.45) is 0 Å². The van der Waals surface area contributed by atoms with E-state index in [0.29, 0.717) is 0 Å². The van der Waals surface area contributed by atoms with Crippen molar-refractivity contribution in [3.8, 4) is 5.75 Å². The molecule has 78 valence electrons. The van der Waals surface area contributed by atoms with Crippen LogP contribution in [0.25, 0.3) is 0 Å². The zero-order valence-electron chi connectivity index (χ0n) is 8.40. The molecular formula is C10H13BrINO. The summed E-state index contributed by atoms with van der Waals surface area (Å²) >= 11 is 5.76. The van der Waals surface area contributed by atoms with Gasteiger partial charge in [-0.1, -0.05) is 15.9 Å². The lowest BCUT2D eigenvalue weighted by Gasteiger charge is -2.16. The first-order chi connectivity index (χ1) is 6.60. The second kappa shape index (κ2) is 5.32. The second-order valence-electron chi connectivity index (χ2n) is 3.02. The van der Waals surface area contributed by atoms with Crippen molar-refractivity contribution in [3.63, 3.8) is 0 Å². The van der Waals surface area contributed by atoms with Crippen molar-refractivity contribution in [1.82, 2.24) is 5.32 Å². The van der Waals surface area contributed by atoms with Gasteiger partial charge in [-0.2, -0.15) is 0 Å². The van der Waals surface area contributed by atoms with Crippen LogP contribution in [0, 0.1) is 3.57 Å².